The summed E-state index contributed by atoms with van der Waals surface area (Å²) < 4.78 is 0. The number of nitrogen functional groups attached to an aromatic ring is 1. The predicted octanol–water partition coefficient (Wildman–Crippen LogP) is 1.51. The highest BCUT2D eigenvalue weighted by molar-refractivity contribution is 5.92. The fraction of sp³-hybridized carbons (Fsp3) is 0.167. The zero-order valence-corrected chi connectivity index (χ0v) is 9.30. The van der Waals surface area contributed by atoms with E-state index in [1.54, 1.807) is 6.20 Å². The zero-order valence-electron chi connectivity index (χ0n) is 9.30. The zero-order chi connectivity index (χ0) is 11.7. The van der Waals surface area contributed by atoms with Gasteiger partial charge in [-0.05, 0) is 6.07 Å². The largest absolute Gasteiger partial charge is 0.384 e. The summed E-state index contributed by atoms with van der Waals surface area (Å²) in [6, 6.07) is 8.13. The molecule has 86 valence electrons. The van der Waals surface area contributed by atoms with Gasteiger partial charge in [0.05, 0.1) is 19.1 Å². The van der Waals surface area contributed by atoms with E-state index in [-0.39, 0.29) is 0 Å². The number of H-pyrrole nitrogens is 1. The van der Waals surface area contributed by atoms with Crippen LogP contribution in [0.25, 0.3) is 11.1 Å². The molecule has 1 aliphatic heterocycles. The standard InChI is InChI=1S/C12H13N5/c13-12-10(7-15-16-12)9-3-1-2-4-11(9)17-6-5-14-8-17/h1-4,7-8H,5-6H2,(H3,13,15,16). The van der Waals surface area contributed by atoms with Crippen LogP contribution in [0.15, 0.2) is 35.5 Å². The number of hydrogen-bond donors (Lipinski definition) is 2. The summed E-state index contributed by atoms with van der Waals surface area (Å²) in [5.41, 5.74) is 8.99. The molecule has 0 amide bonds. The summed E-state index contributed by atoms with van der Waals surface area (Å²) in [7, 11) is 0. The summed E-state index contributed by atoms with van der Waals surface area (Å²) in [6.07, 6.45) is 3.62. The van der Waals surface area contributed by atoms with Crippen LogP contribution in [0.1, 0.15) is 0 Å². The molecule has 5 nitrogen and oxygen atoms in total. The summed E-state index contributed by atoms with van der Waals surface area (Å²) in [5.74, 6) is 0.591. The van der Waals surface area contributed by atoms with Crippen molar-refractivity contribution in [2.24, 2.45) is 4.99 Å². The highest BCUT2D eigenvalue weighted by Gasteiger charge is 2.15. The summed E-state index contributed by atoms with van der Waals surface area (Å²) in [6.45, 7) is 1.75. The Morgan fingerprint density at radius 1 is 1.24 bits per heavy atom. The Bertz CT molecular complexity index is 558. The molecule has 0 atom stereocenters. The predicted molar refractivity (Wildman–Crippen MR) is 69.1 cm³/mol. The summed E-state index contributed by atoms with van der Waals surface area (Å²) in [4.78, 5) is 6.36. The van der Waals surface area contributed by atoms with Gasteiger partial charge in [0.2, 0.25) is 0 Å². The van der Waals surface area contributed by atoms with Gasteiger partial charge in [-0.2, -0.15) is 5.10 Å². The lowest BCUT2D eigenvalue weighted by Crippen LogP contribution is -2.18. The molecule has 0 spiro atoms. The highest BCUT2D eigenvalue weighted by Crippen LogP contribution is 2.33. The lowest BCUT2D eigenvalue weighted by Gasteiger charge is -2.17. The number of rotatable bonds is 2. The van der Waals surface area contributed by atoms with E-state index in [0.717, 1.165) is 29.9 Å². The number of nitrogens with zero attached hydrogens (tertiary/aromatic N) is 3. The Morgan fingerprint density at radius 3 is 2.82 bits per heavy atom. The lowest BCUT2D eigenvalue weighted by atomic mass is 10.1. The van der Waals surface area contributed by atoms with Crippen molar-refractivity contribution in [1.82, 2.24) is 10.2 Å². The molecule has 3 rings (SSSR count). The lowest BCUT2D eigenvalue weighted by molar-refractivity contribution is 1.02. The van der Waals surface area contributed by atoms with Crippen LogP contribution in [0.5, 0.6) is 0 Å². The normalized spacial score (nSPS) is 14.5. The maximum absolute atomic E-state index is 5.87. The van der Waals surface area contributed by atoms with Crippen molar-refractivity contribution in [3.63, 3.8) is 0 Å². The first-order valence-corrected chi connectivity index (χ1v) is 5.51. The number of benzene rings is 1. The molecular formula is C12H13N5. The number of aromatic nitrogens is 2. The van der Waals surface area contributed by atoms with Gasteiger partial charge in [0.1, 0.15) is 5.82 Å². The SMILES string of the molecule is Nc1[nH]ncc1-c1ccccc1N1C=NCC1. The van der Waals surface area contributed by atoms with E-state index in [1.807, 2.05) is 24.5 Å². The molecule has 0 saturated carbocycles. The average Bonchev–Trinajstić information content (AvgIpc) is 3.00. The molecule has 1 aliphatic rings. The van der Waals surface area contributed by atoms with Crippen molar-refractivity contribution >= 4 is 17.8 Å². The van der Waals surface area contributed by atoms with Gasteiger partial charge in [0.25, 0.3) is 0 Å². The minimum atomic E-state index is 0.591. The molecule has 17 heavy (non-hydrogen) atoms. The smallest absolute Gasteiger partial charge is 0.126 e. The number of aliphatic imine (C=N–C) groups is 1. The minimum Gasteiger partial charge on any atom is -0.384 e. The van der Waals surface area contributed by atoms with E-state index < -0.39 is 0 Å². The van der Waals surface area contributed by atoms with E-state index in [0.29, 0.717) is 5.82 Å². The van der Waals surface area contributed by atoms with Crippen molar-refractivity contribution in [3.8, 4) is 11.1 Å². The maximum Gasteiger partial charge on any atom is 0.126 e. The Labute approximate surface area is 99.0 Å². The molecule has 0 radical (unpaired) electrons. The Balaban J connectivity index is 2.10. The number of anilines is 2. The van der Waals surface area contributed by atoms with Gasteiger partial charge in [-0.25, -0.2) is 0 Å². The van der Waals surface area contributed by atoms with Crippen LogP contribution < -0.4 is 10.6 Å². The van der Waals surface area contributed by atoms with E-state index in [4.69, 9.17) is 5.73 Å². The fourth-order valence-electron chi connectivity index (χ4n) is 2.02. The van der Waals surface area contributed by atoms with Gasteiger partial charge in [0.15, 0.2) is 0 Å². The van der Waals surface area contributed by atoms with E-state index >= 15 is 0 Å². The van der Waals surface area contributed by atoms with Crippen LogP contribution in [0.4, 0.5) is 11.5 Å². The van der Waals surface area contributed by atoms with Gasteiger partial charge in [-0.1, -0.05) is 18.2 Å². The van der Waals surface area contributed by atoms with Crippen molar-refractivity contribution in [3.05, 3.63) is 30.5 Å². The van der Waals surface area contributed by atoms with Gasteiger partial charge in [-0.3, -0.25) is 10.1 Å². The van der Waals surface area contributed by atoms with Crippen LogP contribution in [-0.4, -0.2) is 29.6 Å². The van der Waals surface area contributed by atoms with Crippen LogP contribution >= 0.6 is 0 Å². The molecule has 2 heterocycles. The van der Waals surface area contributed by atoms with Crippen molar-refractivity contribution in [2.75, 3.05) is 23.7 Å². The topological polar surface area (TPSA) is 70.3 Å². The van der Waals surface area contributed by atoms with Crippen molar-refractivity contribution in [2.45, 2.75) is 0 Å². The molecule has 1 aromatic carbocycles. The van der Waals surface area contributed by atoms with Crippen molar-refractivity contribution < 1.29 is 0 Å². The summed E-state index contributed by atoms with van der Waals surface area (Å²) >= 11 is 0. The second kappa shape index (κ2) is 3.93. The Kier molecular flexibility index (Phi) is 2.29. The first-order chi connectivity index (χ1) is 8.36. The minimum absolute atomic E-state index is 0.591. The molecule has 0 saturated heterocycles. The second-order valence-electron chi connectivity index (χ2n) is 3.93. The van der Waals surface area contributed by atoms with Crippen LogP contribution in [0.3, 0.4) is 0 Å². The summed E-state index contributed by atoms with van der Waals surface area (Å²) in [5, 5.41) is 6.72. The molecule has 3 N–H and O–H groups in total. The third-order valence-corrected chi connectivity index (χ3v) is 2.86. The van der Waals surface area contributed by atoms with Crippen molar-refractivity contribution in [1.29, 1.82) is 0 Å². The second-order valence-corrected chi connectivity index (χ2v) is 3.93. The number of aromatic amines is 1. The molecule has 1 aromatic heterocycles. The first kappa shape index (κ1) is 9.89. The Morgan fingerprint density at radius 2 is 2.12 bits per heavy atom. The molecule has 0 bridgehead atoms. The quantitative estimate of drug-likeness (QED) is 0.817. The number of nitrogens with one attached hydrogen (secondary N) is 1. The number of nitrogens with two attached hydrogens (primary N) is 1. The fourth-order valence-corrected chi connectivity index (χ4v) is 2.02. The molecule has 2 aromatic rings. The van der Waals surface area contributed by atoms with Crippen LogP contribution in [-0.2, 0) is 0 Å². The molecule has 0 unspecified atom stereocenters. The van der Waals surface area contributed by atoms with Crippen LogP contribution in [0.2, 0.25) is 0 Å². The molecule has 5 heteroatoms. The first-order valence-electron chi connectivity index (χ1n) is 5.51. The van der Waals surface area contributed by atoms with E-state index in [2.05, 4.69) is 26.2 Å². The Hall–Kier alpha value is -2.30. The molecular weight excluding hydrogens is 214 g/mol. The number of para-hydroxylation sites is 1. The third kappa shape index (κ3) is 1.65. The molecule has 0 aliphatic carbocycles. The van der Waals surface area contributed by atoms with Gasteiger partial charge in [0, 0.05) is 23.4 Å². The van der Waals surface area contributed by atoms with Gasteiger partial charge >= 0.3 is 0 Å². The highest BCUT2D eigenvalue weighted by atomic mass is 15.2. The van der Waals surface area contributed by atoms with E-state index in [1.165, 1.54) is 0 Å². The average molecular weight is 227 g/mol. The van der Waals surface area contributed by atoms with E-state index in [9.17, 15) is 0 Å². The monoisotopic (exact) mass is 227 g/mol. The molecule has 0 fully saturated rings. The van der Waals surface area contributed by atoms with Gasteiger partial charge < -0.3 is 10.6 Å². The third-order valence-electron chi connectivity index (χ3n) is 2.86. The van der Waals surface area contributed by atoms with Crippen LogP contribution in [0, 0.1) is 0 Å². The maximum atomic E-state index is 5.87. The van der Waals surface area contributed by atoms with Gasteiger partial charge in [-0.15, -0.1) is 0 Å². The number of hydrogen-bond acceptors (Lipinski definition) is 4.